The zero-order chi connectivity index (χ0) is 16.2. The average Bonchev–Trinajstić information content (AvgIpc) is 2.56. The van der Waals surface area contributed by atoms with Gasteiger partial charge in [-0.05, 0) is 26.0 Å². The Kier molecular flexibility index (Phi) is 5.75. The number of rotatable bonds is 4. The van der Waals surface area contributed by atoms with E-state index in [2.05, 4.69) is 33.5 Å². The molecule has 0 N–H and O–H groups in total. The summed E-state index contributed by atoms with van der Waals surface area (Å²) in [6.07, 6.45) is 2.14. The Morgan fingerprint density at radius 3 is 2.74 bits per heavy atom. The molecule has 3 heterocycles. The van der Waals surface area contributed by atoms with Crippen LogP contribution < -0.4 is 4.90 Å². The van der Waals surface area contributed by atoms with E-state index < -0.39 is 0 Å². The molecule has 0 amide bonds. The molecule has 3 rings (SSSR count). The van der Waals surface area contributed by atoms with E-state index in [4.69, 9.17) is 16.3 Å². The Morgan fingerprint density at radius 2 is 2.04 bits per heavy atom. The Morgan fingerprint density at radius 1 is 1.26 bits per heavy atom. The van der Waals surface area contributed by atoms with Gasteiger partial charge in [-0.15, -0.1) is 0 Å². The second kappa shape index (κ2) is 7.79. The molecular weight excluding hydrogens is 312 g/mol. The van der Waals surface area contributed by atoms with E-state index in [0.717, 1.165) is 63.3 Å². The van der Waals surface area contributed by atoms with Gasteiger partial charge >= 0.3 is 0 Å². The number of hydrogen-bond acceptors (Lipinski definition) is 5. The summed E-state index contributed by atoms with van der Waals surface area (Å²) in [5.74, 6) is 0.911. The third kappa shape index (κ3) is 4.35. The van der Waals surface area contributed by atoms with Crippen molar-refractivity contribution in [3.8, 4) is 0 Å². The van der Waals surface area contributed by atoms with Gasteiger partial charge in [0.25, 0.3) is 0 Å². The molecule has 0 saturated carbocycles. The number of morpholine rings is 1. The van der Waals surface area contributed by atoms with E-state index in [1.807, 2.05) is 18.3 Å². The van der Waals surface area contributed by atoms with Crippen LogP contribution in [0.3, 0.4) is 0 Å². The lowest BCUT2D eigenvalue weighted by atomic mass is 10.2. The lowest BCUT2D eigenvalue weighted by Gasteiger charge is -2.40. The van der Waals surface area contributed by atoms with Gasteiger partial charge in [-0.2, -0.15) is 0 Å². The lowest BCUT2D eigenvalue weighted by molar-refractivity contribution is -0.0525. The van der Waals surface area contributed by atoms with Crippen LogP contribution in [0.2, 0.25) is 5.02 Å². The Balaban J connectivity index is 1.49. The number of nitrogens with zero attached hydrogens (tertiary/aromatic N) is 4. The van der Waals surface area contributed by atoms with Crippen molar-refractivity contribution in [2.75, 3.05) is 57.3 Å². The van der Waals surface area contributed by atoms with Crippen molar-refractivity contribution in [2.45, 2.75) is 26.0 Å². The number of hydrogen-bond donors (Lipinski definition) is 0. The van der Waals surface area contributed by atoms with Crippen molar-refractivity contribution in [3.63, 3.8) is 0 Å². The summed E-state index contributed by atoms with van der Waals surface area (Å²) in [5, 5.41) is 0.740. The summed E-state index contributed by atoms with van der Waals surface area (Å²) < 4.78 is 5.96. The minimum Gasteiger partial charge on any atom is -0.374 e. The number of anilines is 1. The van der Waals surface area contributed by atoms with Crippen molar-refractivity contribution in [1.82, 2.24) is 14.8 Å². The van der Waals surface area contributed by atoms with Gasteiger partial charge in [0.05, 0.1) is 17.7 Å². The molecule has 0 radical (unpaired) electrons. The van der Waals surface area contributed by atoms with Crippen LogP contribution in [-0.4, -0.2) is 79.3 Å². The second-order valence-corrected chi connectivity index (χ2v) is 7.09. The normalized spacial score (nSPS) is 24.3. The number of aromatic nitrogens is 1. The number of halogens is 1. The SMILES string of the molecule is CC(C)N1CCOC(CN2CCN(c3ncccc3Cl)CC2)C1. The first-order valence-corrected chi connectivity index (χ1v) is 8.95. The number of piperazine rings is 1. The summed E-state index contributed by atoms with van der Waals surface area (Å²) in [7, 11) is 0. The first kappa shape index (κ1) is 17.0. The molecule has 1 unspecified atom stereocenters. The summed E-state index contributed by atoms with van der Waals surface area (Å²) in [5.41, 5.74) is 0. The van der Waals surface area contributed by atoms with Gasteiger partial charge in [0.15, 0.2) is 0 Å². The average molecular weight is 339 g/mol. The summed E-state index contributed by atoms with van der Waals surface area (Å²) in [6, 6.07) is 4.39. The standard InChI is InChI=1S/C17H27ClN4O/c1-14(2)22-10-11-23-15(13-22)12-20-6-8-21(9-7-20)17-16(18)4-3-5-19-17/h3-5,14-15H,6-13H2,1-2H3. The van der Waals surface area contributed by atoms with Crippen molar-refractivity contribution >= 4 is 17.4 Å². The molecule has 2 saturated heterocycles. The molecule has 0 spiro atoms. The largest absolute Gasteiger partial charge is 0.374 e. The zero-order valence-electron chi connectivity index (χ0n) is 14.1. The van der Waals surface area contributed by atoms with Gasteiger partial charge in [0.2, 0.25) is 0 Å². The summed E-state index contributed by atoms with van der Waals surface area (Å²) in [4.78, 5) is 11.7. The maximum Gasteiger partial charge on any atom is 0.147 e. The van der Waals surface area contributed by atoms with Crippen molar-refractivity contribution in [3.05, 3.63) is 23.4 Å². The summed E-state index contributed by atoms with van der Waals surface area (Å²) in [6.45, 7) is 12.5. The topological polar surface area (TPSA) is 31.8 Å². The predicted molar refractivity (Wildman–Crippen MR) is 94.3 cm³/mol. The van der Waals surface area contributed by atoms with E-state index in [0.29, 0.717) is 12.1 Å². The van der Waals surface area contributed by atoms with Crippen LogP contribution in [-0.2, 0) is 4.74 Å². The van der Waals surface area contributed by atoms with E-state index in [9.17, 15) is 0 Å². The van der Waals surface area contributed by atoms with Crippen LogP contribution in [0.1, 0.15) is 13.8 Å². The van der Waals surface area contributed by atoms with Crippen LogP contribution in [0.4, 0.5) is 5.82 Å². The maximum atomic E-state index is 6.25. The minimum absolute atomic E-state index is 0.330. The molecule has 0 aromatic carbocycles. The van der Waals surface area contributed by atoms with Crippen LogP contribution in [0.15, 0.2) is 18.3 Å². The van der Waals surface area contributed by atoms with Gasteiger partial charge in [-0.25, -0.2) is 4.98 Å². The Hall–Kier alpha value is -0.880. The van der Waals surface area contributed by atoms with E-state index in [1.165, 1.54) is 0 Å². The van der Waals surface area contributed by atoms with Gasteiger partial charge in [-0.3, -0.25) is 9.80 Å². The highest BCUT2D eigenvalue weighted by Crippen LogP contribution is 2.23. The van der Waals surface area contributed by atoms with Gasteiger partial charge < -0.3 is 9.64 Å². The Bertz CT molecular complexity index is 505. The molecule has 2 aliphatic rings. The highest BCUT2D eigenvalue weighted by molar-refractivity contribution is 6.32. The van der Waals surface area contributed by atoms with Crippen LogP contribution in [0, 0.1) is 0 Å². The molecule has 128 valence electrons. The molecular formula is C17H27ClN4O. The predicted octanol–water partition coefficient (Wildman–Crippen LogP) is 1.97. The molecule has 1 aromatic heterocycles. The smallest absolute Gasteiger partial charge is 0.147 e. The van der Waals surface area contributed by atoms with E-state index >= 15 is 0 Å². The zero-order valence-corrected chi connectivity index (χ0v) is 14.9. The number of ether oxygens (including phenoxy) is 1. The Labute approximate surface area is 144 Å². The fraction of sp³-hybridized carbons (Fsp3) is 0.706. The molecule has 2 fully saturated rings. The first-order valence-electron chi connectivity index (χ1n) is 8.57. The fourth-order valence-corrected chi connectivity index (χ4v) is 3.60. The summed E-state index contributed by atoms with van der Waals surface area (Å²) >= 11 is 6.25. The molecule has 0 aliphatic carbocycles. The molecule has 2 aliphatic heterocycles. The molecule has 5 nitrogen and oxygen atoms in total. The lowest BCUT2D eigenvalue weighted by Crippen LogP contribution is -2.53. The highest BCUT2D eigenvalue weighted by atomic mass is 35.5. The third-order valence-corrected chi connectivity index (χ3v) is 5.07. The highest BCUT2D eigenvalue weighted by Gasteiger charge is 2.26. The molecule has 23 heavy (non-hydrogen) atoms. The minimum atomic E-state index is 0.330. The first-order chi connectivity index (χ1) is 11.1. The van der Waals surface area contributed by atoms with Gasteiger partial charge in [-0.1, -0.05) is 11.6 Å². The third-order valence-electron chi connectivity index (χ3n) is 4.77. The monoisotopic (exact) mass is 338 g/mol. The number of pyridine rings is 1. The van der Waals surface area contributed by atoms with Gasteiger partial charge in [0, 0.05) is 58.1 Å². The maximum absolute atomic E-state index is 6.25. The fourth-order valence-electron chi connectivity index (χ4n) is 3.36. The van der Waals surface area contributed by atoms with Crippen molar-refractivity contribution in [1.29, 1.82) is 0 Å². The quantitative estimate of drug-likeness (QED) is 0.838. The van der Waals surface area contributed by atoms with Crippen molar-refractivity contribution in [2.24, 2.45) is 0 Å². The van der Waals surface area contributed by atoms with E-state index in [1.54, 1.807) is 0 Å². The molecule has 0 bridgehead atoms. The van der Waals surface area contributed by atoms with Crippen LogP contribution >= 0.6 is 11.6 Å². The second-order valence-electron chi connectivity index (χ2n) is 6.68. The van der Waals surface area contributed by atoms with Crippen LogP contribution in [0.25, 0.3) is 0 Å². The van der Waals surface area contributed by atoms with Gasteiger partial charge in [0.1, 0.15) is 5.82 Å². The van der Waals surface area contributed by atoms with E-state index in [-0.39, 0.29) is 0 Å². The molecule has 1 aromatic rings. The molecule has 1 atom stereocenters. The van der Waals surface area contributed by atoms with Crippen molar-refractivity contribution < 1.29 is 4.74 Å². The molecule has 6 heteroatoms. The van der Waals surface area contributed by atoms with Crippen LogP contribution in [0.5, 0.6) is 0 Å².